The molecule has 0 amide bonds. The van der Waals surface area contributed by atoms with E-state index in [1.54, 1.807) is 26.0 Å². The maximum atomic E-state index is 13.5. The molecule has 6 atom stereocenters. The lowest BCUT2D eigenvalue weighted by atomic mass is 9.84. The van der Waals surface area contributed by atoms with Crippen LogP contribution < -0.4 is 5.73 Å². The molecule has 0 spiro atoms. The molecule has 1 fully saturated rings. The molecule has 0 bridgehead atoms. The van der Waals surface area contributed by atoms with E-state index in [0.29, 0.717) is 43.7 Å². The van der Waals surface area contributed by atoms with Crippen molar-refractivity contribution in [2.45, 2.75) is 96.2 Å². The summed E-state index contributed by atoms with van der Waals surface area (Å²) in [6.45, 7) is 3.64. The molecule has 0 saturated heterocycles. The van der Waals surface area contributed by atoms with Crippen LogP contribution in [0.25, 0.3) is 0 Å². The largest absolute Gasteiger partial charge is 0.414 e. The van der Waals surface area contributed by atoms with Crippen molar-refractivity contribution in [3.05, 3.63) is 70.7 Å². The van der Waals surface area contributed by atoms with E-state index in [4.69, 9.17) is 22.1 Å². The minimum absolute atomic E-state index is 0.0383. The van der Waals surface area contributed by atoms with Gasteiger partial charge >= 0.3 is 6.18 Å². The van der Waals surface area contributed by atoms with Gasteiger partial charge in [-0.25, -0.2) is 0 Å². The van der Waals surface area contributed by atoms with Crippen LogP contribution >= 0.6 is 11.6 Å². The molecule has 1 saturated carbocycles. The molecule has 3 N–H and O–H groups in total. The molecule has 5 nitrogen and oxygen atoms in total. The zero-order valence-electron chi connectivity index (χ0n) is 24.4. The second-order valence-corrected chi connectivity index (χ2v) is 12.4. The molecule has 232 valence electrons. The van der Waals surface area contributed by atoms with Gasteiger partial charge in [0.1, 0.15) is 5.78 Å². The number of carbonyl (C=O) groups is 2. The predicted molar refractivity (Wildman–Crippen MR) is 158 cm³/mol. The molecule has 3 rings (SSSR count). The first-order valence-electron chi connectivity index (χ1n) is 14.8. The number of halogens is 4. The van der Waals surface area contributed by atoms with Crippen LogP contribution in [-0.2, 0) is 27.4 Å². The molecule has 9 heteroatoms. The number of carbonyl (C=O) groups excluding carboxylic acids is 2. The molecule has 1 aliphatic carbocycles. The Balaban J connectivity index is 1.66. The average molecular weight is 610 g/mol. The quantitative estimate of drug-likeness (QED) is 0.223. The Bertz CT molecular complexity index is 1140. The van der Waals surface area contributed by atoms with E-state index >= 15 is 0 Å². The fourth-order valence-corrected chi connectivity index (χ4v) is 6.19. The van der Waals surface area contributed by atoms with Crippen molar-refractivity contribution in [1.29, 1.82) is 0 Å². The Morgan fingerprint density at radius 3 is 2.31 bits per heavy atom. The number of rotatable bonds is 14. The van der Waals surface area contributed by atoms with Crippen molar-refractivity contribution in [2.75, 3.05) is 0 Å². The lowest BCUT2D eigenvalue weighted by Gasteiger charge is -2.28. The molecule has 0 radical (unpaired) electrons. The van der Waals surface area contributed by atoms with Gasteiger partial charge in [-0.05, 0) is 80.0 Å². The normalized spacial score (nSPS) is 21.9. The summed E-state index contributed by atoms with van der Waals surface area (Å²) in [7, 11) is 0. The van der Waals surface area contributed by atoms with Crippen LogP contribution in [0.3, 0.4) is 0 Å². The monoisotopic (exact) mass is 609 g/mol. The van der Waals surface area contributed by atoms with Crippen LogP contribution in [0, 0.1) is 23.7 Å². The van der Waals surface area contributed by atoms with Gasteiger partial charge in [0, 0.05) is 23.3 Å². The number of benzene rings is 2. The van der Waals surface area contributed by atoms with Crippen LogP contribution in [0.15, 0.2) is 54.6 Å². The van der Waals surface area contributed by atoms with Crippen LogP contribution in [0.1, 0.15) is 69.9 Å². The zero-order chi connectivity index (χ0) is 30.9. The van der Waals surface area contributed by atoms with Gasteiger partial charge in [0.15, 0.2) is 11.9 Å². The number of ketones is 2. The highest BCUT2D eigenvalue weighted by Crippen LogP contribution is 2.35. The Kier molecular flexibility index (Phi) is 13.0. The fourth-order valence-electron chi connectivity index (χ4n) is 5.98. The minimum atomic E-state index is -4.70. The summed E-state index contributed by atoms with van der Waals surface area (Å²) in [5, 5.41) is 10.4. The van der Waals surface area contributed by atoms with E-state index in [0.717, 1.165) is 11.1 Å². The summed E-state index contributed by atoms with van der Waals surface area (Å²) in [5.41, 5.74) is 8.21. The highest BCUT2D eigenvalue weighted by Gasteiger charge is 2.44. The van der Waals surface area contributed by atoms with Gasteiger partial charge < -0.3 is 15.6 Å². The second kappa shape index (κ2) is 16.0. The van der Waals surface area contributed by atoms with Gasteiger partial charge in [0.25, 0.3) is 0 Å². The fraction of sp³-hybridized carbons (Fsp3) is 0.576. The Labute approximate surface area is 252 Å². The van der Waals surface area contributed by atoms with Crippen LogP contribution in [-0.4, -0.2) is 41.1 Å². The predicted octanol–water partition coefficient (Wildman–Crippen LogP) is 7.11. The van der Waals surface area contributed by atoms with Crippen molar-refractivity contribution in [1.82, 2.24) is 0 Å². The Morgan fingerprint density at radius 2 is 1.67 bits per heavy atom. The zero-order valence-corrected chi connectivity index (χ0v) is 25.1. The number of hydrogen-bond donors (Lipinski definition) is 2. The van der Waals surface area contributed by atoms with Crippen LogP contribution in [0.4, 0.5) is 13.2 Å². The number of Topliss-reactive ketones (excluding diaryl/α,β-unsaturated/α-hetero) is 2. The van der Waals surface area contributed by atoms with Gasteiger partial charge in [-0.2, -0.15) is 13.2 Å². The van der Waals surface area contributed by atoms with Crippen molar-refractivity contribution in [3.63, 3.8) is 0 Å². The van der Waals surface area contributed by atoms with E-state index in [9.17, 15) is 27.9 Å². The maximum absolute atomic E-state index is 13.5. The number of ether oxygens (including phenoxy) is 1. The van der Waals surface area contributed by atoms with Crippen LogP contribution in [0.2, 0.25) is 5.02 Å². The third-order valence-electron chi connectivity index (χ3n) is 8.41. The number of nitrogens with two attached hydrogens (primary N) is 1. The van der Waals surface area contributed by atoms with Crippen LogP contribution in [0.5, 0.6) is 0 Å². The minimum Gasteiger partial charge on any atom is -0.383 e. The number of aliphatic hydroxyl groups excluding tert-OH is 1. The van der Waals surface area contributed by atoms with E-state index in [2.05, 4.69) is 0 Å². The summed E-state index contributed by atoms with van der Waals surface area (Å²) in [5.74, 6) is -2.20. The van der Waals surface area contributed by atoms with Gasteiger partial charge in [-0.15, -0.1) is 0 Å². The summed E-state index contributed by atoms with van der Waals surface area (Å²) in [4.78, 5) is 26.8. The smallest absolute Gasteiger partial charge is 0.383 e. The first-order valence-corrected chi connectivity index (χ1v) is 15.2. The lowest BCUT2D eigenvalue weighted by Crippen LogP contribution is -2.38. The summed E-state index contributed by atoms with van der Waals surface area (Å²) in [6.07, 6.45) is -4.74. The second-order valence-electron chi connectivity index (χ2n) is 12.0. The number of hydrogen-bond acceptors (Lipinski definition) is 5. The van der Waals surface area contributed by atoms with Gasteiger partial charge in [-0.1, -0.05) is 67.9 Å². The van der Waals surface area contributed by atoms with E-state index in [-0.39, 0.29) is 54.7 Å². The molecular formula is C33H43ClF3NO4. The molecule has 0 aromatic heterocycles. The standard InChI is InChI=1S/C33H43ClF3NO4/c1-21(2)28(32(41)33(35,36)37)12-7-13-30(39)24-14-15-25(19-27(18-24)42-20-22-8-4-3-5-9-22)31(40)29(38)17-23-10-6-11-26(34)16-23/h3-6,8-11,16,21,24-25,27-29,32,41H,7,12-15,17-20,38H2,1-2H3/t24-,25?,27+,28-,29-,32-/m0/s1. The summed E-state index contributed by atoms with van der Waals surface area (Å²) in [6, 6.07) is 16.2. The van der Waals surface area contributed by atoms with Crippen molar-refractivity contribution in [3.8, 4) is 0 Å². The highest BCUT2D eigenvalue weighted by molar-refractivity contribution is 6.30. The molecule has 2 aromatic carbocycles. The summed E-state index contributed by atoms with van der Waals surface area (Å²) >= 11 is 6.10. The molecule has 2 aromatic rings. The Morgan fingerprint density at radius 1 is 1.02 bits per heavy atom. The highest BCUT2D eigenvalue weighted by atomic mass is 35.5. The van der Waals surface area contributed by atoms with Crippen molar-refractivity contribution in [2.24, 2.45) is 29.4 Å². The molecular weight excluding hydrogens is 567 g/mol. The number of aliphatic hydroxyl groups is 1. The topological polar surface area (TPSA) is 89.6 Å². The van der Waals surface area contributed by atoms with E-state index in [1.165, 1.54) is 0 Å². The molecule has 1 aliphatic rings. The van der Waals surface area contributed by atoms with E-state index < -0.39 is 24.2 Å². The van der Waals surface area contributed by atoms with Gasteiger partial charge in [0.05, 0.1) is 18.8 Å². The van der Waals surface area contributed by atoms with Crippen molar-refractivity contribution < 1.29 is 32.6 Å². The first-order chi connectivity index (χ1) is 19.8. The van der Waals surface area contributed by atoms with Crippen molar-refractivity contribution >= 4 is 23.2 Å². The molecule has 42 heavy (non-hydrogen) atoms. The third kappa shape index (κ3) is 10.5. The van der Waals surface area contributed by atoms with E-state index in [1.807, 2.05) is 42.5 Å². The summed E-state index contributed by atoms with van der Waals surface area (Å²) < 4.78 is 45.7. The molecule has 0 heterocycles. The average Bonchev–Trinajstić information content (AvgIpc) is 3.16. The van der Waals surface area contributed by atoms with Gasteiger partial charge in [-0.3, -0.25) is 9.59 Å². The molecule has 0 aliphatic heterocycles. The van der Waals surface area contributed by atoms with Gasteiger partial charge in [0.2, 0.25) is 0 Å². The third-order valence-corrected chi connectivity index (χ3v) is 8.65. The SMILES string of the molecule is CC(C)[C@H](CCCC(=O)[C@H]1CCC(C(=O)[C@@H](N)Cc2cccc(Cl)c2)C[C@H](OCc2ccccc2)C1)[C@H](O)C(F)(F)F. The first kappa shape index (κ1) is 34.2. The Hall–Kier alpha value is -2.26. The lowest BCUT2D eigenvalue weighted by molar-refractivity contribution is -0.224. The molecule has 1 unspecified atom stereocenters. The number of alkyl halides is 3. The maximum Gasteiger partial charge on any atom is 0.414 e.